The molecule has 7 heteroatoms. The Bertz CT molecular complexity index is 903. The molecular weight excluding hydrogens is 378 g/mol. The Balaban J connectivity index is 1.50. The number of rotatable bonds is 7. The summed E-state index contributed by atoms with van der Waals surface area (Å²) in [6.07, 6.45) is 0.756. The fourth-order valence-electron chi connectivity index (χ4n) is 3.05. The smallest absolute Gasteiger partial charge is 0.306 e. The van der Waals surface area contributed by atoms with Gasteiger partial charge in [-0.05, 0) is 36.6 Å². The first kappa shape index (κ1) is 20.5. The maximum Gasteiger partial charge on any atom is 0.306 e. The number of sulfonamides is 1. The van der Waals surface area contributed by atoms with Gasteiger partial charge in [0.05, 0.1) is 18.1 Å². The number of carbonyl (C=O) groups is 1. The average molecular weight is 404 g/mol. The molecule has 0 saturated carbocycles. The van der Waals surface area contributed by atoms with E-state index in [0.29, 0.717) is 32.7 Å². The molecule has 1 heterocycles. The molecule has 0 aliphatic carbocycles. The fourth-order valence-corrected chi connectivity index (χ4v) is 4.46. The van der Waals surface area contributed by atoms with Crippen LogP contribution < -0.4 is 0 Å². The Labute approximate surface area is 166 Å². The molecule has 1 saturated heterocycles. The molecule has 1 aliphatic heterocycles. The third-order valence-corrected chi connectivity index (χ3v) is 6.54. The molecule has 2 aromatic rings. The average Bonchev–Trinajstić information content (AvgIpc) is 2.72. The summed E-state index contributed by atoms with van der Waals surface area (Å²) in [4.78, 5) is 12.2. The second kappa shape index (κ2) is 9.32. The second-order valence-corrected chi connectivity index (χ2v) is 8.75. The molecule has 28 heavy (non-hydrogen) atoms. The Morgan fingerprint density at radius 1 is 1.07 bits per heavy atom. The van der Waals surface area contributed by atoms with Crippen LogP contribution in [0, 0.1) is 6.92 Å². The minimum atomic E-state index is -3.49. The summed E-state index contributed by atoms with van der Waals surface area (Å²) >= 11 is 0. The van der Waals surface area contributed by atoms with E-state index in [1.54, 1.807) is 24.3 Å². The number of carbonyl (C=O) groups excluding carboxylic acids is 1. The molecule has 2 aromatic carbocycles. The van der Waals surface area contributed by atoms with Gasteiger partial charge in [0.25, 0.3) is 0 Å². The van der Waals surface area contributed by atoms with Crippen molar-refractivity contribution >= 4 is 16.0 Å². The van der Waals surface area contributed by atoms with Crippen molar-refractivity contribution in [3.8, 4) is 0 Å². The molecule has 1 fully saturated rings. The maximum absolute atomic E-state index is 12.6. The van der Waals surface area contributed by atoms with E-state index in [0.717, 1.165) is 16.7 Å². The molecule has 0 radical (unpaired) electrons. The van der Waals surface area contributed by atoms with Crippen LogP contribution in [-0.4, -0.2) is 45.0 Å². The van der Waals surface area contributed by atoms with E-state index in [4.69, 9.17) is 9.47 Å². The lowest BCUT2D eigenvalue weighted by Gasteiger charge is -2.26. The zero-order chi connectivity index (χ0) is 20.0. The van der Waals surface area contributed by atoms with Crippen LogP contribution in [0.5, 0.6) is 0 Å². The van der Waals surface area contributed by atoms with Gasteiger partial charge in [-0.15, -0.1) is 0 Å². The van der Waals surface area contributed by atoms with E-state index in [1.165, 1.54) is 4.31 Å². The minimum Gasteiger partial charge on any atom is -0.461 e. The van der Waals surface area contributed by atoms with Crippen molar-refractivity contribution < 1.29 is 22.7 Å². The monoisotopic (exact) mass is 403 g/mol. The van der Waals surface area contributed by atoms with Crippen LogP contribution in [0.2, 0.25) is 0 Å². The minimum absolute atomic E-state index is 0.251. The third-order valence-electron chi connectivity index (χ3n) is 4.63. The third kappa shape index (κ3) is 5.41. The molecule has 0 atom stereocenters. The van der Waals surface area contributed by atoms with Crippen LogP contribution in [0.3, 0.4) is 0 Å². The van der Waals surface area contributed by atoms with Crippen molar-refractivity contribution in [3.63, 3.8) is 0 Å². The van der Waals surface area contributed by atoms with Crippen LogP contribution in [-0.2, 0) is 37.3 Å². The molecule has 0 unspecified atom stereocenters. The van der Waals surface area contributed by atoms with Crippen LogP contribution in [0.1, 0.15) is 23.1 Å². The summed E-state index contributed by atoms with van der Waals surface area (Å²) in [5.41, 5.74) is 2.99. The van der Waals surface area contributed by atoms with Gasteiger partial charge in [-0.1, -0.05) is 42.0 Å². The van der Waals surface area contributed by atoms with E-state index in [1.807, 2.05) is 31.2 Å². The molecule has 0 bridgehead atoms. The van der Waals surface area contributed by atoms with E-state index in [9.17, 15) is 13.2 Å². The summed E-state index contributed by atoms with van der Waals surface area (Å²) in [6, 6.07) is 14.5. The highest BCUT2D eigenvalue weighted by atomic mass is 32.2. The Morgan fingerprint density at radius 2 is 1.79 bits per heavy atom. The summed E-state index contributed by atoms with van der Waals surface area (Å²) in [5, 5.41) is 0. The van der Waals surface area contributed by atoms with Gasteiger partial charge in [-0.25, -0.2) is 8.42 Å². The summed E-state index contributed by atoms with van der Waals surface area (Å²) in [6.45, 7) is 3.84. The predicted molar refractivity (Wildman–Crippen MR) is 105 cm³/mol. The summed E-state index contributed by atoms with van der Waals surface area (Å²) < 4.78 is 37.2. The van der Waals surface area contributed by atoms with Crippen molar-refractivity contribution in [1.29, 1.82) is 0 Å². The van der Waals surface area contributed by atoms with E-state index in [-0.39, 0.29) is 23.9 Å². The molecule has 0 aromatic heterocycles. The first-order valence-electron chi connectivity index (χ1n) is 9.33. The van der Waals surface area contributed by atoms with Crippen LogP contribution >= 0.6 is 0 Å². The van der Waals surface area contributed by atoms with Crippen LogP contribution in [0.25, 0.3) is 0 Å². The van der Waals surface area contributed by atoms with Gasteiger partial charge in [0.1, 0.15) is 6.61 Å². The number of aryl methyl sites for hydroxylation is 2. The SMILES string of the molecule is Cc1cccc(COC(=O)CCc2ccc(S(=O)(=O)N3CCOCC3)cc2)c1. The highest BCUT2D eigenvalue weighted by molar-refractivity contribution is 7.89. The van der Waals surface area contributed by atoms with Crippen LogP contribution in [0.15, 0.2) is 53.4 Å². The lowest BCUT2D eigenvalue weighted by Crippen LogP contribution is -2.40. The van der Waals surface area contributed by atoms with Crippen molar-refractivity contribution in [2.75, 3.05) is 26.3 Å². The summed E-state index contributed by atoms with van der Waals surface area (Å²) in [7, 11) is -3.49. The first-order chi connectivity index (χ1) is 13.4. The second-order valence-electron chi connectivity index (χ2n) is 6.81. The number of nitrogens with zero attached hydrogens (tertiary/aromatic N) is 1. The normalized spacial score (nSPS) is 15.3. The number of morpholine rings is 1. The van der Waals surface area contributed by atoms with E-state index >= 15 is 0 Å². The largest absolute Gasteiger partial charge is 0.461 e. The molecule has 150 valence electrons. The molecule has 1 aliphatic rings. The summed E-state index contributed by atoms with van der Waals surface area (Å²) in [5.74, 6) is -0.272. The van der Waals surface area contributed by atoms with Gasteiger partial charge >= 0.3 is 5.97 Å². The van der Waals surface area contributed by atoms with Gasteiger partial charge < -0.3 is 9.47 Å². The number of hydrogen-bond donors (Lipinski definition) is 0. The number of hydrogen-bond acceptors (Lipinski definition) is 5. The standard InChI is InChI=1S/C21H25NO5S/c1-17-3-2-4-19(15-17)16-27-21(23)10-7-18-5-8-20(9-6-18)28(24,25)22-11-13-26-14-12-22/h2-6,8-9,15H,7,10-14,16H2,1H3. The number of esters is 1. The first-order valence-corrected chi connectivity index (χ1v) is 10.8. The van der Waals surface area contributed by atoms with Gasteiger partial charge in [0, 0.05) is 19.5 Å². The highest BCUT2D eigenvalue weighted by Gasteiger charge is 2.26. The zero-order valence-corrected chi connectivity index (χ0v) is 16.8. The van der Waals surface area contributed by atoms with Gasteiger partial charge in [-0.3, -0.25) is 4.79 Å². The molecule has 6 nitrogen and oxygen atoms in total. The molecular formula is C21H25NO5S. The van der Waals surface area contributed by atoms with Crippen LogP contribution in [0.4, 0.5) is 0 Å². The molecule has 0 N–H and O–H groups in total. The highest BCUT2D eigenvalue weighted by Crippen LogP contribution is 2.18. The maximum atomic E-state index is 12.6. The topological polar surface area (TPSA) is 72.9 Å². The molecule has 0 spiro atoms. The quantitative estimate of drug-likeness (QED) is 0.665. The molecule has 3 rings (SSSR count). The molecule has 0 amide bonds. The Morgan fingerprint density at radius 3 is 2.46 bits per heavy atom. The van der Waals surface area contributed by atoms with Crippen molar-refractivity contribution in [1.82, 2.24) is 4.31 Å². The van der Waals surface area contributed by atoms with Crippen molar-refractivity contribution in [2.45, 2.75) is 31.3 Å². The fraction of sp³-hybridized carbons (Fsp3) is 0.381. The van der Waals surface area contributed by atoms with Crippen molar-refractivity contribution in [2.24, 2.45) is 0 Å². The predicted octanol–water partition coefficient (Wildman–Crippen LogP) is 2.69. The zero-order valence-electron chi connectivity index (χ0n) is 16.0. The lowest BCUT2D eigenvalue weighted by atomic mass is 10.1. The van der Waals surface area contributed by atoms with Crippen molar-refractivity contribution in [3.05, 3.63) is 65.2 Å². The van der Waals surface area contributed by atoms with Gasteiger partial charge in [0.15, 0.2) is 0 Å². The van der Waals surface area contributed by atoms with Gasteiger partial charge in [-0.2, -0.15) is 4.31 Å². The van der Waals surface area contributed by atoms with Gasteiger partial charge in [0.2, 0.25) is 10.0 Å². The lowest BCUT2D eigenvalue weighted by molar-refractivity contribution is -0.144. The Kier molecular flexibility index (Phi) is 6.83. The van der Waals surface area contributed by atoms with E-state index in [2.05, 4.69) is 0 Å². The number of ether oxygens (including phenoxy) is 2. The van der Waals surface area contributed by atoms with E-state index < -0.39 is 10.0 Å². The Hall–Kier alpha value is -2.22. The number of benzene rings is 2.